The number of hydrogen-bond acceptors (Lipinski definition) is 2. The standard InChI is InChI=1S/C19H27F3N4O2/c1-3-14(2)23-18(28)24-17(27)13-26-9-7-25(8-10-26)12-15-5-4-6-16(11-15)19(20,21)22/h4-6,11,14H,3,7-10,12-13H2,1-2H3,(H2,23,24,27,28)/p+2/t14-/m0/s1. The number of benzene rings is 1. The monoisotopic (exact) mass is 402 g/mol. The molecule has 0 spiro atoms. The molecule has 4 N–H and O–H groups in total. The minimum Gasteiger partial charge on any atom is -0.335 e. The summed E-state index contributed by atoms with van der Waals surface area (Å²) >= 11 is 0. The Morgan fingerprint density at radius 3 is 2.39 bits per heavy atom. The van der Waals surface area contributed by atoms with E-state index >= 15 is 0 Å². The van der Waals surface area contributed by atoms with Crippen molar-refractivity contribution in [3.63, 3.8) is 0 Å². The van der Waals surface area contributed by atoms with Gasteiger partial charge >= 0.3 is 12.2 Å². The summed E-state index contributed by atoms with van der Waals surface area (Å²) in [5.74, 6) is -0.322. The lowest BCUT2D eigenvalue weighted by Gasteiger charge is -2.29. The molecule has 3 amide bonds. The summed E-state index contributed by atoms with van der Waals surface area (Å²) in [6, 6.07) is 4.96. The topological polar surface area (TPSA) is 67.1 Å². The van der Waals surface area contributed by atoms with Gasteiger partial charge in [-0.15, -0.1) is 0 Å². The van der Waals surface area contributed by atoms with Crippen molar-refractivity contribution in [2.45, 2.75) is 39.0 Å². The Morgan fingerprint density at radius 1 is 1.14 bits per heavy atom. The van der Waals surface area contributed by atoms with Crippen molar-refractivity contribution in [3.8, 4) is 0 Å². The highest BCUT2D eigenvalue weighted by molar-refractivity contribution is 5.94. The SMILES string of the molecule is CC[C@H](C)NC(=O)NC(=O)C[NH+]1CC[NH+](Cc2cccc(C(F)(F)F)c2)CC1. The normalized spacial score (nSPS) is 21.0. The van der Waals surface area contributed by atoms with Crippen LogP contribution in [0.1, 0.15) is 31.4 Å². The quantitative estimate of drug-likeness (QED) is 0.524. The van der Waals surface area contributed by atoms with Crippen LogP contribution in [0, 0.1) is 0 Å². The lowest BCUT2D eigenvalue weighted by molar-refractivity contribution is -1.02. The van der Waals surface area contributed by atoms with E-state index in [1.54, 1.807) is 6.07 Å². The highest BCUT2D eigenvalue weighted by atomic mass is 19.4. The van der Waals surface area contributed by atoms with E-state index in [1.807, 2.05) is 13.8 Å². The van der Waals surface area contributed by atoms with E-state index in [9.17, 15) is 22.8 Å². The molecule has 1 aromatic rings. The van der Waals surface area contributed by atoms with Gasteiger partial charge in [-0.05, 0) is 25.5 Å². The minimum absolute atomic E-state index is 0.00291. The molecule has 1 fully saturated rings. The van der Waals surface area contributed by atoms with Crippen molar-refractivity contribution >= 4 is 11.9 Å². The highest BCUT2D eigenvalue weighted by Gasteiger charge is 2.31. The van der Waals surface area contributed by atoms with E-state index in [0.717, 1.165) is 43.6 Å². The summed E-state index contributed by atoms with van der Waals surface area (Å²) in [7, 11) is 0. The lowest BCUT2D eigenvalue weighted by Crippen LogP contribution is -3.28. The predicted molar refractivity (Wildman–Crippen MR) is 97.8 cm³/mol. The molecule has 0 bridgehead atoms. The molecule has 6 nitrogen and oxygen atoms in total. The smallest absolute Gasteiger partial charge is 0.335 e. The molecular weight excluding hydrogens is 373 g/mol. The molecule has 0 unspecified atom stereocenters. The number of carbonyl (C=O) groups is 2. The van der Waals surface area contributed by atoms with Gasteiger partial charge in [-0.3, -0.25) is 10.1 Å². The minimum atomic E-state index is -4.33. The van der Waals surface area contributed by atoms with E-state index in [2.05, 4.69) is 10.6 Å². The fraction of sp³-hybridized carbons (Fsp3) is 0.579. The first-order chi connectivity index (χ1) is 13.2. The van der Waals surface area contributed by atoms with Gasteiger partial charge in [0.25, 0.3) is 5.91 Å². The number of halogens is 3. The Bertz CT molecular complexity index is 673. The van der Waals surface area contributed by atoms with Gasteiger partial charge < -0.3 is 15.1 Å². The molecule has 2 rings (SSSR count). The molecular formula is C19H29F3N4O2+2. The average Bonchev–Trinajstić information content (AvgIpc) is 2.62. The van der Waals surface area contributed by atoms with Crippen molar-refractivity contribution < 1.29 is 32.6 Å². The largest absolute Gasteiger partial charge is 0.416 e. The average molecular weight is 402 g/mol. The third-order valence-electron chi connectivity index (χ3n) is 5.03. The van der Waals surface area contributed by atoms with Crippen LogP contribution >= 0.6 is 0 Å². The van der Waals surface area contributed by atoms with Crippen LogP contribution in [-0.4, -0.2) is 50.7 Å². The summed E-state index contributed by atoms with van der Waals surface area (Å²) in [5.41, 5.74) is 0.0359. The molecule has 1 aromatic carbocycles. The van der Waals surface area contributed by atoms with Crippen LogP contribution in [0.3, 0.4) is 0 Å². The van der Waals surface area contributed by atoms with Crippen LogP contribution in [0.4, 0.5) is 18.0 Å². The fourth-order valence-electron chi connectivity index (χ4n) is 3.22. The Labute approximate surface area is 163 Å². The third-order valence-corrected chi connectivity index (χ3v) is 5.03. The van der Waals surface area contributed by atoms with Gasteiger partial charge in [-0.25, -0.2) is 4.79 Å². The molecule has 28 heavy (non-hydrogen) atoms. The number of alkyl halides is 3. The molecule has 1 heterocycles. The number of piperazine rings is 1. The molecule has 156 valence electrons. The molecule has 0 aromatic heterocycles. The Morgan fingerprint density at radius 2 is 1.79 bits per heavy atom. The van der Waals surface area contributed by atoms with Crippen LogP contribution in [0.2, 0.25) is 0 Å². The molecule has 0 aliphatic carbocycles. The van der Waals surface area contributed by atoms with Gasteiger partial charge in [0.2, 0.25) is 0 Å². The number of hydrogen-bond donors (Lipinski definition) is 4. The highest BCUT2D eigenvalue weighted by Crippen LogP contribution is 2.29. The maximum atomic E-state index is 12.8. The second-order valence-corrected chi connectivity index (χ2v) is 7.38. The first-order valence-electron chi connectivity index (χ1n) is 9.61. The Kier molecular flexibility index (Phi) is 7.82. The number of carbonyl (C=O) groups excluding carboxylic acids is 2. The molecule has 0 radical (unpaired) electrons. The lowest BCUT2D eigenvalue weighted by atomic mass is 10.1. The first-order valence-corrected chi connectivity index (χ1v) is 9.61. The number of urea groups is 1. The molecule has 1 saturated heterocycles. The van der Waals surface area contributed by atoms with E-state index in [0.29, 0.717) is 12.1 Å². The van der Waals surface area contributed by atoms with Crippen molar-refractivity contribution in [2.75, 3.05) is 32.7 Å². The molecule has 1 atom stereocenters. The number of rotatable bonds is 6. The van der Waals surface area contributed by atoms with E-state index in [4.69, 9.17) is 0 Å². The summed E-state index contributed by atoms with van der Waals surface area (Å²) in [5, 5.41) is 5.02. The van der Waals surface area contributed by atoms with Crippen LogP contribution < -0.4 is 20.4 Å². The zero-order valence-corrected chi connectivity index (χ0v) is 16.3. The third kappa shape index (κ3) is 7.12. The van der Waals surface area contributed by atoms with Crippen LogP contribution in [0.25, 0.3) is 0 Å². The summed E-state index contributed by atoms with van der Waals surface area (Å²) in [6.07, 6.45) is -3.55. The number of nitrogens with one attached hydrogen (secondary N) is 4. The maximum Gasteiger partial charge on any atom is 0.416 e. The van der Waals surface area contributed by atoms with Crippen LogP contribution in [-0.2, 0) is 17.5 Å². The summed E-state index contributed by atoms with van der Waals surface area (Å²) in [4.78, 5) is 25.9. The van der Waals surface area contributed by atoms with E-state index in [-0.39, 0.29) is 18.5 Å². The predicted octanol–water partition coefficient (Wildman–Crippen LogP) is -0.387. The zero-order chi connectivity index (χ0) is 20.7. The van der Waals surface area contributed by atoms with Crippen LogP contribution in [0.15, 0.2) is 24.3 Å². The number of quaternary nitrogens is 2. The maximum absolute atomic E-state index is 12.8. The molecule has 9 heteroatoms. The first kappa shape index (κ1) is 22.2. The van der Waals surface area contributed by atoms with Gasteiger partial charge in [0.05, 0.1) is 5.56 Å². The van der Waals surface area contributed by atoms with Gasteiger partial charge in [0, 0.05) is 11.6 Å². The summed E-state index contributed by atoms with van der Waals surface area (Å²) < 4.78 is 38.5. The van der Waals surface area contributed by atoms with Crippen molar-refractivity contribution in [1.29, 1.82) is 0 Å². The fourth-order valence-corrected chi connectivity index (χ4v) is 3.22. The molecule has 1 aliphatic heterocycles. The summed E-state index contributed by atoms with van der Waals surface area (Å²) in [6.45, 7) is 7.53. The van der Waals surface area contributed by atoms with Gasteiger partial charge in [-0.2, -0.15) is 13.2 Å². The van der Waals surface area contributed by atoms with Crippen LogP contribution in [0.5, 0.6) is 0 Å². The van der Waals surface area contributed by atoms with E-state index in [1.165, 1.54) is 17.0 Å². The zero-order valence-electron chi connectivity index (χ0n) is 16.3. The van der Waals surface area contributed by atoms with Crippen molar-refractivity contribution in [1.82, 2.24) is 10.6 Å². The van der Waals surface area contributed by atoms with Gasteiger partial charge in [0.1, 0.15) is 32.7 Å². The molecule has 1 aliphatic rings. The van der Waals surface area contributed by atoms with E-state index < -0.39 is 17.8 Å². The number of imide groups is 1. The van der Waals surface area contributed by atoms with Gasteiger partial charge in [-0.1, -0.05) is 19.1 Å². The Balaban J connectivity index is 1.75. The second-order valence-electron chi connectivity index (χ2n) is 7.38. The second kappa shape index (κ2) is 9.88. The van der Waals surface area contributed by atoms with Crippen molar-refractivity contribution in [3.05, 3.63) is 35.4 Å². The van der Waals surface area contributed by atoms with Crippen molar-refractivity contribution in [2.24, 2.45) is 0 Å². The molecule has 0 saturated carbocycles. The Hall–Kier alpha value is -2.13. The van der Waals surface area contributed by atoms with Gasteiger partial charge in [0.15, 0.2) is 6.54 Å². The number of amides is 3.